The first-order chi connectivity index (χ1) is 7.79. The van der Waals surface area contributed by atoms with Gasteiger partial charge >= 0.3 is 0 Å². The van der Waals surface area contributed by atoms with Crippen LogP contribution in [0.3, 0.4) is 0 Å². The molecule has 2 aromatic rings. The second-order valence-electron chi connectivity index (χ2n) is 3.58. The molecule has 0 atom stereocenters. The van der Waals surface area contributed by atoms with Crippen LogP contribution in [0.25, 0.3) is 0 Å². The van der Waals surface area contributed by atoms with Crippen LogP contribution < -0.4 is 5.32 Å². The van der Waals surface area contributed by atoms with E-state index in [0.29, 0.717) is 12.3 Å². The Morgan fingerprint density at radius 3 is 2.75 bits per heavy atom. The molecule has 0 aliphatic carbocycles. The number of aromatic nitrogens is 2. The second-order valence-corrected chi connectivity index (χ2v) is 3.58. The predicted octanol–water partition coefficient (Wildman–Crippen LogP) is 0.795. The van der Waals surface area contributed by atoms with E-state index in [1.165, 1.54) is 0 Å². The maximum atomic E-state index is 8.84. The highest BCUT2D eigenvalue weighted by Crippen LogP contribution is 2.07. The Labute approximate surface area is 93.7 Å². The SMILES string of the molecule is Cn1nccc1CNCc1ccc(CO)o1. The maximum absolute atomic E-state index is 8.84. The minimum atomic E-state index is -0.0538. The van der Waals surface area contributed by atoms with Gasteiger partial charge in [0.1, 0.15) is 18.1 Å². The first-order valence-electron chi connectivity index (χ1n) is 5.15. The number of furan rings is 1. The van der Waals surface area contributed by atoms with E-state index >= 15 is 0 Å². The molecule has 0 aromatic carbocycles. The molecule has 0 aliphatic rings. The lowest BCUT2D eigenvalue weighted by atomic mass is 10.4. The predicted molar refractivity (Wildman–Crippen MR) is 58.4 cm³/mol. The summed E-state index contributed by atoms with van der Waals surface area (Å²) in [6.07, 6.45) is 1.77. The molecule has 0 spiro atoms. The molecule has 0 saturated carbocycles. The van der Waals surface area contributed by atoms with Crippen molar-refractivity contribution in [1.29, 1.82) is 0 Å². The number of nitrogens with zero attached hydrogens (tertiary/aromatic N) is 2. The van der Waals surface area contributed by atoms with Crippen LogP contribution in [0.5, 0.6) is 0 Å². The van der Waals surface area contributed by atoms with Crippen molar-refractivity contribution in [2.24, 2.45) is 7.05 Å². The molecule has 2 aromatic heterocycles. The van der Waals surface area contributed by atoms with Crippen molar-refractivity contribution in [3.05, 3.63) is 41.6 Å². The van der Waals surface area contributed by atoms with Crippen molar-refractivity contribution in [2.75, 3.05) is 0 Å². The van der Waals surface area contributed by atoms with Crippen LogP contribution in [-0.2, 0) is 26.7 Å². The Hall–Kier alpha value is -1.59. The van der Waals surface area contributed by atoms with E-state index in [-0.39, 0.29) is 6.61 Å². The maximum Gasteiger partial charge on any atom is 0.129 e. The Morgan fingerprint density at radius 2 is 2.12 bits per heavy atom. The molecule has 0 saturated heterocycles. The molecule has 0 aliphatic heterocycles. The molecule has 0 amide bonds. The summed E-state index contributed by atoms with van der Waals surface area (Å²) in [4.78, 5) is 0. The normalized spacial score (nSPS) is 10.9. The van der Waals surface area contributed by atoms with Gasteiger partial charge in [-0.25, -0.2) is 0 Å². The van der Waals surface area contributed by atoms with Gasteiger partial charge in [-0.05, 0) is 18.2 Å². The smallest absolute Gasteiger partial charge is 0.129 e. The monoisotopic (exact) mass is 221 g/mol. The lowest BCUT2D eigenvalue weighted by Gasteiger charge is -2.03. The fraction of sp³-hybridized carbons (Fsp3) is 0.364. The minimum absolute atomic E-state index is 0.0538. The summed E-state index contributed by atoms with van der Waals surface area (Å²) < 4.78 is 7.18. The van der Waals surface area contributed by atoms with Crippen molar-refractivity contribution in [3.63, 3.8) is 0 Å². The van der Waals surface area contributed by atoms with Crippen LogP contribution in [-0.4, -0.2) is 14.9 Å². The molecule has 2 N–H and O–H groups in total. The van der Waals surface area contributed by atoms with E-state index in [4.69, 9.17) is 9.52 Å². The van der Waals surface area contributed by atoms with Crippen LogP contribution in [0.1, 0.15) is 17.2 Å². The second kappa shape index (κ2) is 4.96. The highest BCUT2D eigenvalue weighted by molar-refractivity contribution is 5.06. The highest BCUT2D eigenvalue weighted by Gasteiger charge is 2.01. The minimum Gasteiger partial charge on any atom is -0.462 e. The molecular formula is C11H15N3O2. The van der Waals surface area contributed by atoms with Crippen LogP contribution in [0.15, 0.2) is 28.8 Å². The van der Waals surface area contributed by atoms with Crippen molar-refractivity contribution in [1.82, 2.24) is 15.1 Å². The molecule has 2 heterocycles. The van der Waals surface area contributed by atoms with Crippen molar-refractivity contribution in [2.45, 2.75) is 19.7 Å². The van der Waals surface area contributed by atoms with E-state index in [1.54, 1.807) is 12.3 Å². The number of rotatable bonds is 5. The number of aryl methyl sites for hydroxylation is 1. The lowest BCUT2D eigenvalue weighted by Crippen LogP contribution is -2.14. The van der Waals surface area contributed by atoms with E-state index in [1.807, 2.05) is 23.9 Å². The quantitative estimate of drug-likeness (QED) is 0.783. The average molecular weight is 221 g/mol. The third kappa shape index (κ3) is 2.50. The topological polar surface area (TPSA) is 63.2 Å². The molecule has 0 bridgehead atoms. The molecule has 0 unspecified atom stereocenters. The standard InChI is InChI=1S/C11H15N3O2/c1-14-9(4-5-13-14)6-12-7-10-2-3-11(8-15)16-10/h2-5,12,15H,6-8H2,1H3. The van der Waals surface area contributed by atoms with Gasteiger partial charge in [0, 0.05) is 19.8 Å². The van der Waals surface area contributed by atoms with Gasteiger partial charge in [-0.3, -0.25) is 4.68 Å². The molecule has 0 fully saturated rings. The summed E-state index contributed by atoms with van der Waals surface area (Å²) in [6.45, 7) is 1.33. The van der Waals surface area contributed by atoms with Gasteiger partial charge in [0.25, 0.3) is 0 Å². The molecule has 2 rings (SSSR count). The third-order valence-electron chi connectivity index (χ3n) is 2.40. The van der Waals surface area contributed by atoms with Crippen LogP contribution in [0.2, 0.25) is 0 Å². The van der Waals surface area contributed by atoms with Gasteiger partial charge in [-0.2, -0.15) is 5.10 Å². The van der Waals surface area contributed by atoms with E-state index < -0.39 is 0 Å². The average Bonchev–Trinajstić information content (AvgIpc) is 2.89. The van der Waals surface area contributed by atoms with Gasteiger partial charge in [-0.1, -0.05) is 0 Å². The first kappa shape index (κ1) is 10.9. The number of hydrogen-bond donors (Lipinski definition) is 2. The molecule has 86 valence electrons. The van der Waals surface area contributed by atoms with Gasteiger partial charge in [0.2, 0.25) is 0 Å². The summed E-state index contributed by atoms with van der Waals surface area (Å²) in [7, 11) is 1.91. The largest absolute Gasteiger partial charge is 0.462 e. The molecule has 5 heteroatoms. The zero-order chi connectivity index (χ0) is 11.4. The van der Waals surface area contributed by atoms with Crippen LogP contribution in [0.4, 0.5) is 0 Å². The summed E-state index contributed by atoms with van der Waals surface area (Å²) in [5, 5.41) is 16.2. The molecule has 5 nitrogen and oxygen atoms in total. The Morgan fingerprint density at radius 1 is 1.31 bits per heavy atom. The number of hydrogen-bond acceptors (Lipinski definition) is 4. The van der Waals surface area contributed by atoms with Crippen molar-refractivity contribution in [3.8, 4) is 0 Å². The fourth-order valence-electron chi connectivity index (χ4n) is 1.49. The summed E-state index contributed by atoms with van der Waals surface area (Å²) in [5.74, 6) is 1.42. The zero-order valence-corrected chi connectivity index (χ0v) is 9.18. The van der Waals surface area contributed by atoms with Gasteiger partial charge in [0.05, 0.1) is 12.2 Å². The summed E-state index contributed by atoms with van der Waals surface area (Å²) >= 11 is 0. The lowest BCUT2D eigenvalue weighted by molar-refractivity contribution is 0.242. The highest BCUT2D eigenvalue weighted by atomic mass is 16.4. The van der Waals surface area contributed by atoms with Crippen molar-refractivity contribution >= 4 is 0 Å². The Kier molecular flexibility index (Phi) is 3.38. The molecule has 16 heavy (non-hydrogen) atoms. The number of aliphatic hydroxyl groups is 1. The molecular weight excluding hydrogens is 206 g/mol. The van der Waals surface area contributed by atoms with E-state index in [0.717, 1.165) is 18.0 Å². The van der Waals surface area contributed by atoms with Crippen LogP contribution >= 0.6 is 0 Å². The Balaban J connectivity index is 1.82. The van der Waals surface area contributed by atoms with E-state index in [2.05, 4.69) is 10.4 Å². The number of aliphatic hydroxyl groups excluding tert-OH is 1. The van der Waals surface area contributed by atoms with Gasteiger partial charge in [-0.15, -0.1) is 0 Å². The molecule has 0 radical (unpaired) electrons. The van der Waals surface area contributed by atoms with E-state index in [9.17, 15) is 0 Å². The van der Waals surface area contributed by atoms with Gasteiger partial charge in [0.15, 0.2) is 0 Å². The summed E-state index contributed by atoms with van der Waals surface area (Å²) in [5.41, 5.74) is 1.12. The third-order valence-corrected chi connectivity index (χ3v) is 2.40. The number of nitrogens with one attached hydrogen (secondary N) is 1. The first-order valence-corrected chi connectivity index (χ1v) is 5.15. The van der Waals surface area contributed by atoms with Crippen molar-refractivity contribution < 1.29 is 9.52 Å². The van der Waals surface area contributed by atoms with Gasteiger partial charge < -0.3 is 14.8 Å². The summed E-state index contributed by atoms with van der Waals surface area (Å²) in [6, 6.07) is 5.61. The van der Waals surface area contributed by atoms with Crippen LogP contribution in [0, 0.1) is 0 Å². The Bertz CT molecular complexity index is 448. The zero-order valence-electron chi connectivity index (χ0n) is 9.18. The fourth-order valence-corrected chi connectivity index (χ4v) is 1.49.